The molecule has 0 saturated carbocycles. The zero-order chi connectivity index (χ0) is 24.6. The molecule has 1 fully saturated rings. The van der Waals surface area contributed by atoms with Gasteiger partial charge in [0, 0.05) is 23.7 Å². The zero-order valence-electron chi connectivity index (χ0n) is 20.1. The fraction of sp³-hybridized carbons (Fsp3) is 0.423. The third kappa shape index (κ3) is 6.52. The minimum atomic E-state index is -0.0442. The highest BCUT2D eigenvalue weighted by Crippen LogP contribution is 2.31. The number of halogens is 1. The largest absolute Gasteiger partial charge is 0.493 e. The van der Waals surface area contributed by atoms with Crippen LogP contribution in [-0.2, 0) is 17.8 Å². The van der Waals surface area contributed by atoms with Crippen molar-refractivity contribution in [3.8, 4) is 22.9 Å². The normalized spacial score (nSPS) is 16.1. The number of likely N-dealkylation sites (tertiary alicyclic amines) is 1. The first-order valence-electron chi connectivity index (χ1n) is 11.9. The number of methoxy groups -OCH3 is 2. The predicted octanol–water partition coefficient (Wildman–Crippen LogP) is 4.37. The van der Waals surface area contributed by atoms with Crippen LogP contribution in [0.15, 0.2) is 47.0 Å². The van der Waals surface area contributed by atoms with Crippen LogP contribution in [0.5, 0.6) is 11.5 Å². The van der Waals surface area contributed by atoms with Crippen LogP contribution in [0.2, 0.25) is 5.02 Å². The number of ether oxygens (including phenoxy) is 2. The highest BCUT2D eigenvalue weighted by molar-refractivity contribution is 6.31. The van der Waals surface area contributed by atoms with E-state index in [4.69, 9.17) is 25.6 Å². The molecule has 1 aliphatic heterocycles. The standard InChI is InChI=1S/C26H31ClN4O4/c1-33-22-12-11-19(15-23(22)34-2)25-29-24(35-30-25)17-31-14-6-9-20(16-31)26(32)28-13-5-8-18-7-3-4-10-21(18)27/h3-4,7,10-12,15,20H,5-6,8-9,13-14,16-17H2,1-2H3,(H,28,32). The number of carbonyl (C=O) groups excluding carboxylic acids is 1. The van der Waals surface area contributed by atoms with Crippen LogP contribution >= 0.6 is 11.6 Å². The molecule has 9 heteroatoms. The topological polar surface area (TPSA) is 89.7 Å². The van der Waals surface area contributed by atoms with Gasteiger partial charge in [-0.15, -0.1) is 0 Å². The first-order valence-corrected chi connectivity index (χ1v) is 12.2. The molecule has 2 heterocycles. The van der Waals surface area contributed by atoms with E-state index in [0.717, 1.165) is 48.4 Å². The van der Waals surface area contributed by atoms with Gasteiger partial charge in [0.25, 0.3) is 0 Å². The number of piperidine rings is 1. The fourth-order valence-corrected chi connectivity index (χ4v) is 4.58. The smallest absolute Gasteiger partial charge is 0.241 e. The minimum Gasteiger partial charge on any atom is -0.493 e. The number of nitrogens with zero attached hydrogens (tertiary/aromatic N) is 3. The lowest BCUT2D eigenvalue weighted by Gasteiger charge is -2.30. The van der Waals surface area contributed by atoms with E-state index in [1.165, 1.54) is 0 Å². The van der Waals surface area contributed by atoms with Crippen molar-refractivity contribution in [1.82, 2.24) is 20.4 Å². The zero-order valence-corrected chi connectivity index (χ0v) is 20.9. The van der Waals surface area contributed by atoms with Gasteiger partial charge < -0.3 is 19.3 Å². The second-order valence-corrected chi connectivity index (χ2v) is 9.05. The molecule has 1 unspecified atom stereocenters. The Morgan fingerprint density at radius 1 is 1.20 bits per heavy atom. The molecule has 0 spiro atoms. The van der Waals surface area contributed by atoms with Gasteiger partial charge in [0.2, 0.25) is 17.6 Å². The number of amides is 1. The highest BCUT2D eigenvalue weighted by Gasteiger charge is 2.26. The molecule has 4 rings (SSSR count). The average molecular weight is 499 g/mol. The van der Waals surface area contributed by atoms with E-state index in [1.807, 2.05) is 42.5 Å². The summed E-state index contributed by atoms with van der Waals surface area (Å²) in [5.41, 5.74) is 1.89. The molecule has 1 N–H and O–H groups in total. The Morgan fingerprint density at radius 3 is 2.83 bits per heavy atom. The predicted molar refractivity (Wildman–Crippen MR) is 134 cm³/mol. The summed E-state index contributed by atoms with van der Waals surface area (Å²) in [6.45, 7) is 2.71. The van der Waals surface area contributed by atoms with Crippen LogP contribution in [0.1, 0.15) is 30.7 Å². The van der Waals surface area contributed by atoms with Gasteiger partial charge >= 0.3 is 0 Å². The molecule has 0 radical (unpaired) electrons. The summed E-state index contributed by atoms with van der Waals surface area (Å²) in [7, 11) is 3.18. The molecule has 1 amide bonds. The number of carbonyl (C=O) groups is 1. The summed E-state index contributed by atoms with van der Waals surface area (Å²) in [5, 5.41) is 7.99. The lowest BCUT2D eigenvalue weighted by atomic mass is 9.97. The number of aryl methyl sites for hydroxylation is 1. The molecule has 1 saturated heterocycles. The number of hydrogen-bond donors (Lipinski definition) is 1. The van der Waals surface area contributed by atoms with Crippen LogP contribution in [0, 0.1) is 5.92 Å². The van der Waals surface area contributed by atoms with Gasteiger partial charge in [-0.2, -0.15) is 4.98 Å². The first-order chi connectivity index (χ1) is 17.1. The third-order valence-corrected chi connectivity index (χ3v) is 6.59. The quantitative estimate of drug-likeness (QED) is 0.415. The van der Waals surface area contributed by atoms with E-state index in [9.17, 15) is 4.79 Å². The Balaban J connectivity index is 1.27. The maximum atomic E-state index is 12.7. The van der Waals surface area contributed by atoms with Gasteiger partial charge in [0.05, 0.1) is 26.7 Å². The van der Waals surface area contributed by atoms with Crippen molar-refractivity contribution in [3.63, 3.8) is 0 Å². The maximum Gasteiger partial charge on any atom is 0.241 e. The van der Waals surface area contributed by atoms with E-state index in [0.29, 0.717) is 42.8 Å². The lowest BCUT2D eigenvalue weighted by molar-refractivity contribution is -0.126. The Hall–Kier alpha value is -3.10. The summed E-state index contributed by atoms with van der Waals surface area (Å²) in [6.07, 6.45) is 3.53. The third-order valence-electron chi connectivity index (χ3n) is 6.22. The summed E-state index contributed by atoms with van der Waals surface area (Å²) < 4.78 is 16.1. The molecular formula is C26H31ClN4O4. The van der Waals surface area contributed by atoms with E-state index < -0.39 is 0 Å². The molecule has 186 valence electrons. The van der Waals surface area contributed by atoms with Crippen molar-refractivity contribution in [2.45, 2.75) is 32.2 Å². The van der Waals surface area contributed by atoms with Crippen molar-refractivity contribution in [2.24, 2.45) is 5.92 Å². The highest BCUT2D eigenvalue weighted by atomic mass is 35.5. The molecule has 35 heavy (non-hydrogen) atoms. The van der Waals surface area contributed by atoms with Gasteiger partial charge in [-0.25, -0.2) is 0 Å². The molecule has 0 bridgehead atoms. The fourth-order valence-electron chi connectivity index (χ4n) is 4.35. The molecular weight excluding hydrogens is 468 g/mol. The van der Waals surface area contributed by atoms with Crippen LogP contribution < -0.4 is 14.8 Å². The summed E-state index contributed by atoms with van der Waals surface area (Å²) >= 11 is 6.21. The Bertz CT molecular complexity index is 1140. The van der Waals surface area contributed by atoms with Crippen molar-refractivity contribution in [3.05, 3.63) is 58.9 Å². The van der Waals surface area contributed by atoms with Crippen molar-refractivity contribution in [1.29, 1.82) is 0 Å². The summed E-state index contributed by atoms with van der Waals surface area (Å²) in [6, 6.07) is 13.3. The average Bonchev–Trinajstić information content (AvgIpc) is 3.35. The monoisotopic (exact) mass is 498 g/mol. The van der Waals surface area contributed by atoms with Crippen LogP contribution in [0.25, 0.3) is 11.4 Å². The number of nitrogens with one attached hydrogen (secondary N) is 1. The van der Waals surface area contributed by atoms with E-state index in [1.54, 1.807) is 14.2 Å². The number of hydrogen-bond acceptors (Lipinski definition) is 7. The van der Waals surface area contributed by atoms with Crippen molar-refractivity contribution >= 4 is 17.5 Å². The van der Waals surface area contributed by atoms with Crippen LogP contribution in [0.3, 0.4) is 0 Å². The second kappa shape index (κ2) is 12.0. The second-order valence-electron chi connectivity index (χ2n) is 8.64. The molecule has 3 aromatic rings. The molecule has 1 aromatic heterocycles. The molecule has 2 aromatic carbocycles. The Morgan fingerprint density at radius 2 is 2.03 bits per heavy atom. The Kier molecular flexibility index (Phi) is 8.60. The van der Waals surface area contributed by atoms with Gasteiger partial charge in [0.15, 0.2) is 11.5 Å². The number of benzene rings is 2. The van der Waals surface area contributed by atoms with Crippen LogP contribution in [0.4, 0.5) is 0 Å². The summed E-state index contributed by atoms with van der Waals surface area (Å²) in [5.74, 6) is 2.32. The van der Waals surface area contributed by atoms with E-state index in [2.05, 4.69) is 20.4 Å². The van der Waals surface area contributed by atoms with Gasteiger partial charge in [-0.1, -0.05) is 35.0 Å². The van der Waals surface area contributed by atoms with E-state index in [-0.39, 0.29) is 11.8 Å². The van der Waals surface area contributed by atoms with Gasteiger partial charge in [-0.05, 0) is 62.1 Å². The minimum absolute atomic E-state index is 0.0442. The van der Waals surface area contributed by atoms with Crippen LogP contribution in [-0.4, -0.2) is 54.8 Å². The Labute approximate surface area is 210 Å². The van der Waals surface area contributed by atoms with Gasteiger partial charge in [0.1, 0.15) is 0 Å². The van der Waals surface area contributed by atoms with Gasteiger partial charge in [-0.3, -0.25) is 9.69 Å². The molecule has 1 atom stereocenters. The lowest BCUT2D eigenvalue weighted by Crippen LogP contribution is -2.43. The number of rotatable bonds is 10. The molecule has 0 aliphatic carbocycles. The maximum absolute atomic E-state index is 12.7. The molecule has 8 nitrogen and oxygen atoms in total. The first kappa shape index (κ1) is 25.0. The summed E-state index contributed by atoms with van der Waals surface area (Å²) in [4.78, 5) is 19.5. The SMILES string of the molecule is COc1ccc(-c2noc(CN3CCCC(C(=O)NCCCc4ccccc4Cl)C3)n2)cc1OC. The van der Waals surface area contributed by atoms with Crippen molar-refractivity contribution in [2.75, 3.05) is 33.9 Å². The molecule has 1 aliphatic rings. The van der Waals surface area contributed by atoms with E-state index >= 15 is 0 Å². The number of aromatic nitrogens is 2. The van der Waals surface area contributed by atoms with Crippen molar-refractivity contribution < 1.29 is 18.8 Å².